The van der Waals surface area contributed by atoms with Gasteiger partial charge in [0.15, 0.2) is 5.96 Å². The Balaban J connectivity index is 0.00000280. The Kier molecular flexibility index (Phi) is 10.5. The highest BCUT2D eigenvalue weighted by molar-refractivity contribution is 14.0. The molecule has 2 aliphatic rings. The number of rotatable bonds is 7. The Labute approximate surface area is 191 Å². The van der Waals surface area contributed by atoms with Gasteiger partial charge in [-0.05, 0) is 29.3 Å². The first-order valence-corrected chi connectivity index (χ1v) is 11.1. The summed E-state index contributed by atoms with van der Waals surface area (Å²) < 4.78 is 5.50. The van der Waals surface area contributed by atoms with Crippen LogP contribution in [-0.2, 0) is 17.7 Å². The van der Waals surface area contributed by atoms with E-state index >= 15 is 0 Å². The van der Waals surface area contributed by atoms with Crippen LogP contribution in [0.1, 0.15) is 24.3 Å². The molecule has 0 amide bonds. The van der Waals surface area contributed by atoms with E-state index in [-0.39, 0.29) is 24.0 Å². The molecule has 2 aliphatic heterocycles. The molecule has 0 bridgehead atoms. The second-order valence-electron chi connectivity index (χ2n) is 7.73. The summed E-state index contributed by atoms with van der Waals surface area (Å²) in [5.41, 5.74) is 1.51. The minimum atomic E-state index is 0. The molecular formula is C20H36IN5OS. The average Bonchev–Trinajstić information content (AvgIpc) is 3.15. The number of ether oxygens (including phenoxy) is 1. The SMILES string of the molecule is CN=C(NCCN1CCc2sccc2C1)NCC(C(C)C)N1CCOCC1.I. The van der Waals surface area contributed by atoms with Crippen molar-refractivity contribution >= 4 is 41.3 Å². The molecule has 160 valence electrons. The van der Waals surface area contributed by atoms with Gasteiger partial charge in [-0.25, -0.2) is 0 Å². The third-order valence-electron chi connectivity index (χ3n) is 5.59. The summed E-state index contributed by atoms with van der Waals surface area (Å²) in [6.07, 6.45) is 1.19. The summed E-state index contributed by atoms with van der Waals surface area (Å²) in [7, 11) is 1.85. The molecular weight excluding hydrogens is 485 g/mol. The maximum Gasteiger partial charge on any atom is 0.191 e. The lowest BCUT2D eigenvalue weighted by molar-refractivity contribution is 0.00752. The number of halogens is 1. The van der Waals surface area contributed by atoms with E-state index in [0.717, 1.165) is 65.0 Å². The number of thiophene rings is 1. The molecule has 0 aromatic carbocycles. The zero-order chi connectivity index (χ0) is 19.1. The highest BCUT2D eigenvalue weighted by atomic mass is 127. The van der Waals surface area contributed by atoms with E-state index in [4.69, 9.17) is 4.74 Å². The van der Waals surface area contributed by atoms with Gasteiger partial charge in [0.25, 0.3) is 0 Å². The first kappa shape index (κ1) is 23.9. The third kappa shape index (κ3) is 6.83. The van der Waals surface area contributed by atoms with Crippen molar-refractivity contribution in [2.45, 2.75) is 32.9 Å². The van der Waals surface area contributed by atoms with Crippen LogP contribution < -0.4 is 10.6 Å². The lowest BCUT2D eigenvalue weighted by Gasteiger charge is -2.37. The highest BCUT2D eigenvalue weighted by Gasteiger charge is 2.24. The number of morpholine rings is 1. The van der Waals surface area contributed by atoms with Crippen molar-refractivity contribution in [1.82, 2.24) is 20.4 Å². The van der Waals surface area contributed by atoms with Crippen LogP contribution in [0.4, 0.5) is 0 Å². The van der Waals surface area contributed by atoms with Gasteiger partial charge in [-0.15, -0.1) is 35.3 Å². The summed E-state index contributed by atoms with van der Waals surface area (Å²) in [5, 5.41) is 9.25. The molecule has 2 N–H and O–H groups in total. The molecule has 0 spiro atoms. The molecule has 28 heavy (non-hydrogen) atoms. The van der Waals surface area contributed by atoms with Crippen molar-refractivity contribution in [1.29, 1.82) is 0 Å². The van der Waals surface area contributed by atoms with Gasteiger partial charge in [-0.1, -0.05) is 13.8 Å². The Hall–Kier alpha value is -0.420. The van der Waals surface area contributed by atoms with E-state index in [1.807, 2.05) is 18.4 Å². The summed E-state index contributed by atoms with van der Waals surface area (Å²) in [5.74, 6) is 1.50. The smallest absolute Gasteiger partial charge is 0.191 e. The number of aliphatic imine (C=N–C) groups is 1. The van der Waals surface area contributed by atoms with Gasteiger partial charge in [0.1, 0.15) is 0 Å². The molecule has 1 aromatic heterocycles. The minimum absolute atomic E-state index is 0. The molecule has 1 fully saturated rings. The lowest BCUT2D eigenvalue weighted by atomic mass is 10.0. The Morgan fingerprint density at radius 3 is 2.75 bits per heavy atom. The Bertz CT molecular complexity index is 603. The third-order valence-corrected chi connectivity index (χ3v) is 6.62. The van der Waals surface area contributed by atoms with Gasteiger partial charge < -0.3 is 15.4 Å². The van der Waals surface area contributed by atoms with Crippen LogP contribution in [0.15, 0.2) is 16.4 Å². The van der Waals surface area contributed by atoms with Crippen LogP contribution in [0.25, 0.3) is 0 Å². The first-order chi connectivity index (χ1) is 13.2. The second-order valence-corrected chi connectivity index (χ2v) is 8.74. The molecule has 1 unspecified atom stereocenters. The molecule has 0 aliphatic carbocycles. The van der Waals surface area contributed by atoms with Gasteiger partial charge in [-0.3, -0.25) is 14.8 Å². The highest BCUT2D eigenvalue weighted by Crippen LogP contribution is 2.23. The maximum absolute atomic E-state index is 5.50. The maximum atomic E-state index is 5.50. The van der Waals surface area contributed by atoms with Crippen LogP contribution in [-0.4, -0.2) is 81.3 Å². The van der Waals surface area contributed by atoms with Gasteiger partial charge in [0.2, 0.25) is 0 Å². The van der Waals surface area contributed by atoms with E-state index in [0.29, 0.717) is 12.0 Å². The number of hydrogen-bond donors (Lipinski definition) is 2. The molecule has 6 nitrogen and oxygen atoms in total. The van der Waals surface area contributed by atoms with E-state index in [1.165, 1.54) is 12.0 Å². The topological polar surface area (TPSA) is 52.1 Å². The second kappa shape index (κ2) is 12.3. The fraction of sp³-hybridized carbons (Fsp3) is 0.750. The quantitative estimate of drug-likeness (QED) is 0.328. The zero-order valence-electron chi connectivity index (χ0n) is 17.4. The van der Waals surface area contributed by atoms with Gasteiger partial charge in [0.05, 0.1) is 13.2 Å². The van der Waals surface area contributed by atoms with E-state index in [9.17, 15) is 0 Å². The van der Waals surface area contributed by atoms with Crippen molar-refractivity contribution in [2.24, 2.45) is 10.9 Å². The summed E-state index contributed by atoms with van der Waals surface area (Å²) in [6.45, 7) is 13.5. The lowest BCUT2D eigenvalue weighted by Crippen LogP contribution is -2.53. The zero-order valence-corrected chi connectivity index (χ0v) is 20.6. The number of hydrogen-bond acceptors (Lipinski definition) is 5. The fourth-order valence-corrected chi connectivity index (χ4v) is 4.84. The van der Waals surface area contributed by atoms with Crippen LogP contribution in [0.3, 0.4) is 0 Å². The molecule has 3 rings (SSSR count). The minimum Gasteiger partial charge on any atom is -0.379 e. The van der Waals surface area contributed by atoms with Crippen LogP contribution in [0.2, 0.25) is 0 Å². The molecule has 3 heterocycles. The molecule has 1 aromatic rings. The normalized spacial score (nSPS) is 19.8. The van der Waals surface area contributed by atoms with Gasteiger partial charge >= 0.3 is 0 Å². The Morgan fingerprint density at radius 2 is 2.04 bits per heavy atom. The van der Waals surface area contributed by atoms with Crippen molar-refractivity contribution in [3.05, 3.63) is 21.9 Å². The van der Waals surface area contributed by atoms with Crippen LogP contribution >= 0.6 is 35.3 Å². The fourth-order valence-electron chi connectivity index (χ4n) is 3.95. The van der Waals surface area contributed by atoms with Crippen molar-refractivity contribution in [3.8, 4) is 0 Å². The largest absolute Gasteiger partial charge is 0.379 e. The molecule has 0 radical (unpaired) electrons. The van der Waals surface area contributed by atoms with Crippen LogP contribution in [0, 0.1) is 5.92 Å². The predicted octanol–water partition coefficient (Wildman–Crippen LogP) is 2.25. The summed E-state index contributed by atoms with van der Waals surface area (Å²) in [6, 6.07) is 2.78. The van der Waals surface area contributed by atoms with Crippen molar-refractivity contribution in [2.75, 3.05) is 59.5 Å². The van der Waals surface area contributed by atoms with E-state index < -0.39 is 0 Å². The molecule has 8 heteroatoms. The standard InChI is InChI=1S/C20H35N5OS.HI/c1-16(2)18(25-9-11-26-12-10-25)14-23-20(21-3)22-6-8-24-7-4-19-17(15-24)5-13-27-19;/h5,13,16,18H,4,6-12,14-15H2,1-3H3,(H2,21,22,23);1H. The average molecular weight is 522 g/mol. The molecule has 1 saturated heterocycles. The monoisotopic (exact) mass is 521 g/mol. The van der Waals surface area contributed by atoms with E-state index in [2.05, 4.69) is 50.7 Å². The number of guanidine groups is 1. The van der Waals surface area contributed by atoms with Gasteiger partial charge in [0, 0.05) is 63.8 Å². The predicted molar refractivity (Wildman–Crippen MR) is 129 cm³/mol. The van der Waals surface area contributed by atoms with Crippen molar-refractivity contribution in [3.63, 3.8) is 0 Å². The number of nitrogens with one attached hydrogen (secondary N) is 2. The van der Waals surface area contributed by atoms with E-state index in [1.54, 1.807) is 4.88 Å². The number of fused-ring (bicyclic) bond motifs is 1. The number of nitrogens with zero attached hydrogens (tertiary/aromatic N) is 3. The van der Waals surface area contributed by atoms with Gasteiger partial charge in [-0.2, -0.15) is 0 Å². The van der Waals surface area contributed by atoms with Crippen molar-refractivity contribution < 1.29 is 4.74 Å². The molecule has 1 atom stereocenters. The first-order valence-electron chi connectivity index (χ1n) is 10.2. The van der Waals surface area contributed by atoms with Crippen LogP contribution in [0.5, 0.6) is 0 Å². The summed E-state index contributed by atoms with van der Waals surface area (Å²) >= 11 is 1.90. The molecule has 0 saturated carbocycles. The summed E-state index contributed by atoms with van der Waals surface area (Å²) in [4.78, 5) is 11.0. The Morgan fingerprint density at radius 1 is 1.25 bits per heavy atom.